The molecule has 1 atom stereocenters. The highest BCUT2D eigenvalue weighted by Gasteiger charge is 2.10. The zero-order valence-electron chi connectivity index (χ0n) is 7.77. The summed E-state index contributed by atoms with van der Waals surface area (Å²) in [6.07, 6.45) is 1.11. The van der Waals surface area contributed by atoms with Crippen LogP contribution >= 0.6 is 38.5 Å². The van der Waals surface area contributed by atoms with Crippen molar-refractivity contribution in [1.82, 2.24) is 5.32 Å². The summed E-state index contributed by atoms with van der Waals surface area (Å²) in [7, 11) is 2.01. The van der Waals surface area contributed by atoms with Crippen molar-refractivity contribution in [2.45, 2.75) is 19.4 Å². The van der Waals surface area contributed by atoms with Crippen molar-refractivity contribution in [2.75, 3.05) is 7.05 Å². The van der Waals surface area contributed by atoms with Gasteiger partial charge < -0.3 is 5.32 Å². The third-order valence-corrected chi connectivity index (χ3v) is 3.57. The van der Waals surface area contributed by atoms with Gasteiger partial charge in [-0.15, -0.1) is 0 Å². The monoisotopic (exact) mass is 353 g/mol. The molecule has 0 saturated carbocycles. The summed E-state index contributed by atoms with van der Waals surface area (Å²) in [6, 6.07) is 6.87. The molecule has 0 radical (unpaired) electrons. The maximum Gasteiger partial charge on any atom is 0.0325 e. The molecular formula is C10H13BrIN. The number of rotatable bonds is 3. The minimum atomic E-state index is 0.462. The highest BCUT2D eigenvalue weighted by atomic mass is 127. The number of hydrogen-bond acceptors (Lipinski definition) is 1. The summed E-state index contributed by atoms with van der Waals surface area (Å²) in [5.74, 6) is 0. The van der Waals surface area contributed by atoms with E-state index in [-0.39, 0.29) is 0 Å². The van der Waals surface area contributed by atoms with E-state index in [0.717, 1.165) is 10.9 Å². The molecule has 0 saturated heterocycles. The lowest BCUT2D eigenvalue weighted by molar-refractivity contribution is 0.574. The van der Waals surface area contributed by atoms with Gasteiger partial charge in [0, 0.05) is 14.1 Å². The molecule has 13 heavy (non-hydrogen) atoms. The molecule has 1 aromatic carbocycles. The fourth-order valence-electron chi connectivity index (χ4n) is 1.36. The SMILES string of the molecule is CCC(NC)c1cc(Br)ccc1I. The van der Waals surface area contributed by atoms with Gasteiger partial charge in [-0.1, -0.05) is 22.9 Å². The highest BCUT2D eigenvalue weighted by molar-refractivity contribution is 14.1. The lowest BCUT2D eigenvalue weighted by Gasteiger charge is -2.16. The van der Waals surface area contributed by atoms with Crippen LogP contribution in [0.15, 0.2) is 22.7 Å². The predicted molar refractivity (Wildman–Crippen MR) is 69.0 cm³/mol. The summed E-state index contributed by atoms with van der Waals surface area (Å²) in [4.78, 5) is 0. The van der Waals surface area contributed by atoms with E-state index in [1.165, 1.54) is 9.13 Å². The quantitative estimate of drug-likeness (QED) is 0.816. The average Bonchev–Trinajstić information content (AvgIpc) is 2.13. The van der Waals surface area contributed by atoms with E-state index < -0.39 is 0 Å². The average molecular weight is 354 g/mol. The lowest BCUT2D eigenvalue weighted by Crippen LogP contribution is -2.16. The van der Waals surface area contributed by atoms with Crippen molar-refractivity contribution in [3.63, 3.8) is 0 Å². The zero-order valence-corrected chi connectivity index (χ0v) is 11.5. The Bertz CT molecular complexity index is 284. The fraction of sp³-hybridized carbons (Fsp3) is 0.400. The maximum absolute atomic E-state index is 3.49. The predicted octanol–water partition coefficient (Wildman–Crippen LogP) is 3.72. The number of hydrogen-bond donors (Lipinski definition) is 1. The molecule has 1 N–H and O–H groups in total. The molecule has 0 bridgehead atoms. The summed E-state index contributed by atoms with van der Waals surface area (Å²) >= 11 is 5.87. The summed E-state index contributed by atoms with van der Waals surface area (Å²) in [5, 5.41) is 3.31. The second kappa shape index (κ2) is 5.32. The summed E-state index contributed by atoms with van der Waals surface area (Å²) < 4.78 is 2.47. The first kappa shape index (κ1) is 11.5. The molecule has 3 heteroatoms. The molecule has 0 aliphatic heterocycles. The topological polar surface area (TPSA) is 12.0 Å². The van der Waals surface area contributed by atoms with Gasteiger partial charge >= 0.3 is 0 Å². The van der Waals surface area contributed by atoms with Crippen molar-refractivity contribution in [3.8, 4) is 0 Å². The largest absolute Gasteiger partial charge is 0.313 e. The van der Waals surface area contributed by atoms with Crippen molar-refractivity contribution in [2.24, 2.45) is 0 Å². The van der Waals surface area contributed by atoms with Crippen LogP contribution in [0.3, 0.4) is 0 Å². The van der Waals surface area contributed by atoms with Gasteiger partial charge in [0.2, 0.25) is 0 Å². The molecule has 1 rings (SSSR count). The summed E-state index contributed by atoms with van der Waals surface area (Å²) in [6.45, 7) is 2.19. The second-order valence-electron chi connectivity index (χ2n) is 2.92. The van der Waals surface area contributed by atoms with Crippen LogP contribution < -0.4 is 5.32 Å². The smallest absolute Gasteiger partial charge is 0.0325 e. The fourth-order valence-corrected chi connectivity index (χ4v) is 2.45. The molecule has 0 spiro atoms. The molecule has 0 amide bonds. The van der Waals surface area contributed by atoms with Crippen LogP contribution in [0.25, 0.3) is 0 Å². The van der Waals surface area contributed by atoms with E-state index in [9.17, 15) is 0 Å². The van der Waals surface area contributed by atoms with E-state index in [4.69, 9.17) is 0 Å². The normalized spacial score (nSPS) is 12.9. The van der Waals surface area contributed by atoms with E-state index in [0.29, 0.717) is 6.04 Å². The Kier molecular flexibility index (Phi) is 4.69. The van der Waals surface area contributed by atoms with E-state index >= 15 is 0 Å². The highest BCUT2D eigenvalue weighted by Crippen LogP contribution is 2.25. The standard InChI is InChI=1S/C10H13BrIN/c1-3-10(13-2)8-6-7(11)4-5-9(8)12/h4-6,10,13H,3H2,1-2H3. The molecule has 0 fully saturated rings. The van der Waals surface area contributed by atoms with Gasteiger partial charge in [0.1, 0.15) is 0 Å². The van der Waals surface area contributed by atoms with Crippen LogP contribution in [0.5, 0.6) is 0 Å². The first-order valence-corrected chi connectivity index (χ1v) is 6.18. The maximum atomic E-state index is 3.49. The molecule has 0 aliphatic carbocycles. The van der Waals surface area contributed by atoms with Gasteiger partial charge in [-0.25, -0.2) is 0 Å². The van der Waals surface area contributed by atoms with Crippen molar-refractivity contribution in [1.29, 1.82) is 0 Å². The van der Waals surface area contributed by atoms with Gasteiger partial charge in [0.15, 0.2) is 0 Å². The first-order valence-electron chi connectivity index (χ1n) is 4.31. The van der Waals surface area contributed by atoms with Crippen LogP contribution in [0.4, 0.5) is 0 Å². The van der Waals surface area contributed by atoms with E-state index in [2.05, 4.69) is 69.0 Å². The zero-order chi connectivity index (χ0) is 9.84. The van der Waals surface area contributed by atoms with Crippen LogP contribution in [-0.4, -0.2) is 7.05 Å². The summed E-state index contributed by atoms with van der Waals surface area (Å²) in [5.41, 5.74) is 1.37. The number of benzene rings is 1. The third kappa shape index (κ3) is 2.92. The van der Waals surface area contributed by atoms with Crippen LogP contribution in [0.2, 0.25) is 0 Å². The minimum absolute atomic E-state index is 0.462. The van der Waals surface area contributed by atoms with Crippen molar-refractivity contribution < 1.29 is 0 Å². The van der Waals surface area contributed by atoms with Crippen LogP contribution in [0, 0.1) is 3.57 Å². The third-order valence-electron chi connectivity index (χ3n) is 2.09. The van der Waals surface area contributed by atoms with Crippen molar-refractivity contribution in [3.05, 3.63) is 31.8 Å². The Hall–Kier alpha value is 0.390. The van der Waals surface area contributed by atoms with Gasteiger partial charge in [-0.05, 0) is 59.8 Å². The molecular weight excluding hydrogens is 341 g/mol. The van der Waals surface area contributed by atoms with Gasteiger partial charge in [-0.2, -0.15) is 0 Å². The van der Waals surface area contributed by atoms with Gasteiger partial charge in [0.05, 0.1) is 0 Å². The van der Waals surface area contributed by atoms with Gasteiger partial charge in [-0.3, -0.25) is 0 Å². The Labute approximate surface area is 102 Å². The Morgan fingerprint density at radius 1 is 1.54 bits per heavy atom. The Balaban J connectivity index is 3.03. The number of nitrogens with one attached hydrogen (secondary N) is 1. The lowest BCUT2D eigenvalue weighted by atomic mass is 10.1. The van der Waals surface area contributed by atoms with E-state index in [1.54, 1.807) is 0 Å². The molecule has 1 aromatic rings. The molecule has 0 heterocycles. The first-order chi connectivity index (χ1) is 6.19. The van der Waals surface area contributed by atoms with Crippen LogP contribution in [0.1, 0.15) is 24.9 Å². The number of halogens is 2. The molecule has 1 unspecified atom stereocenters. The Morgan fingerprint density at radius 3 is 2.77 bits per heavy atom. The van der Waals surface area contributed by atoms with Crippen LogP contribution in [-0.2, 0) is 0 Å². The molecule has 0 aliphatic rings. The second-order valence-corrected chi connectivity index (χ2v) is 4.99. The van der Waals surface area contributed by atoms with E-state index in [1.807, 2.05) is 7.05 Å². The molecule has 1 nitrogen and oxygen atoms in total. The molecule has 0 aromatic heterocycles. The Morgan fingerprint density at radius 2 is 2.23 bits per heavy atom. The van der Waals surface area contributed by atoms with Gasteiger partial charge in [0.25, 0.3) is 0 Å². The molecule has 72 valence electrons. The minimum Gasteiger partial charge on any atom is -0.313 e. The van der Waals surface area contributed by atoms with Crippen molar-refractivity contribution >= 4 is 38.5 Å².